The molecule has 1 aromatic heterocycles. The monoisotopic (exact) mass is 280 g/mol. The van der Waals surface area contributed by atoms with Gasteiger partial charge in [0.05, 0.1) is 6.20 Å². The molecule has 0 saturated carbocycles. The van der Waals surface area contributed by atoms with Crippen LogP contribution in [0.25, 0.3) is 0 Å². The maximum atomic E-state index is 13.6. The number of aliphatic hydroxyl groups is 1. The summed E-state index contributed by atoms with van der Waals surface area (Å²) in [4.78, 5) is 1.91. The fraction of sp³-hybridized carbons (Fsp3) is 0.385. The molecule has 2 N–H and O–H groups in total. The number of hydrogen-bond acceptors (Lipinski definition) is 4. The fourth-order valence-electron chi connectivity index (χ4n) is 2.53. The molecule has 0 spiro atoms. The van der Waals surface area contributed by atoms with Crippen molar-refractivity contribution in [2.45, 2.75) is 18.6 Å². The number of hydrogen-bond donors (Lipinski definition) is 2. The van der Waals surface area contributed by atoms with Crippen LogP contribution < -0.4 is 0 Å². The number of nitrogens with zero attached hydrogens (tertiary/aromatic N) is 3. The summed E-state index contributed by atoms with van der Waals surface area (Å²) >= 11 is 0. The summed E-state index contributed by atoms with van der Waals surface area (Å²) in [7, 11) is 0. The Bertz CT molecular complexity index is 604. The second-order valence-electron chi connectivity index (χ2n) is 5.08. The number of aromatic nitrogens is 3. The number of halogens is 2. The highest BCUT2D eigenvalue weighted by atomic mass is 19.1. The second kappa shape index (κ2) is 4.92. The van der Waals surface area contributed by atoms with Gasteiger partial charge >= 0.3 is 0 Å². The molecule has 7 heteroatoms. The Morgan fingerprint density at radius 3 is 2.95 bits per heavy atom. The average Bonchev–Trinajstić information content (AvgIpc) is 3.03. The van der Waals surface area contributed by atoms with Crippen LogP contribution in [0.4, 0.5) is 8.78 Å². The molecule has 2 heterocycles. The number of nitrogens with one attached hydrogen (secondary N) is 1. The van der Waals surface area contributed by atoms with Crippen LogP contribution in [-0.2, 0) is 12.1 Å². The van der Waals surface area contributed by atoms with E-state index in [-0.39, 0.29) is 0 Å². The van der Waals surface area contributed by atoms with Gasteiger partial charge in [0.25, 0.3) is 0 Å². The van der Waals surface area contributed by atoms with E-state index in [0.717, 1.165) is 6.07 Å². The van der Waals surface area contributed by atoms with Gasteiger partial charge in [-0.15, -0.1) is 0 Å². The number of H-pyrrole nitrogens is 1. The third-order valence-corrected chi connectivity index (χ3v) is 3.63. The van der Waals surface area contributed by atoms with Crippen molar-refractivity contribution in [3.63, 3.8) is 0 Å². The molecule has 1 aromatic carbocycles. The summed E-state index contributed by atoms with van der Waals surface area (Å²) in [5.41, 5.74) is -0.167. The lowest BCUT2D eigenvalue weighted by atomic mass is 10.00. The predicted octanol–water partition coefficient (Wildman–Crippen LogP) is 1.18. The lowest BCUT2D eigenvalue weighted by Crippen LogP contribution is -2.31. The SMILES string of the molecule is O[C@@]1(c2cn[nH]n2)CCN(Cc2ccc(F)cc2F)C1. The molecule has 1 aliphatic heterocycles. The summed E-state index contributed by atoms with van der Waals surface area (Å²) < 4.78 is 26.5. The molecule has 0 bridgehead atoms. The zero-order valence-electron chi connectivity index (χ0n) is 10.7. The van der Waals surface area contributed by atoms with Gasteiger partial charge in [0.2, 0.25) is 0 Å². The van der Waals surface area contributed by atoms with Crippen molar-refractivity contribution in [1.29, 1.82) is 0 Å². The summed E-state index contributed by atoms with van der Waals surface area (Å²) in [5.74, 6) is -1.16. The predicted molar refractivity (Wildman–Crippen MR) is 66.5 cm³/mol. The quantitative estimate of drug-likeness (QED) is 0.886. The number of β-amino-alcohol motifs (C(OH)–C–C–N with tert-alkyl or cyclic N) is 1. The smallest absolute Gasteiger partial charge is 0.130 e. The lowest BCUT2D eigenvalue weighted by Gasteiger charge is -2.21. The van der Waals surface area contributed by atoms with Crippen LogP contribution in [0.1, 0.15) is 17.7 Å². The zero-order chi connectivity index (χ0) is 14.2. The van der Waals surface area contributed by atoms with E-state index in [1.54, 1.807) is 0 Å². The molecule has 0 unspecified atom stereocenters. The van der Waals surface area contributed by atoms with E-state index in [1.165, 1.54) is 18.3 Å². The highest BCUT2D eigenvalue weighted by molar-refractivity contribution is 5.19. The largest absolute Gasteiger partial charge is 0.382 e. The molecule has 0 radical (unpaired) electrons. The minimum Gasteiger partial charge on any atom is -0.382 e. The minimum absolute atomic E-state index is 0.326. The maximum absolute atomic E-state index is 13.6. The van der Waals surface area contributed by atoms with Gasteiger partial charge in [-0.1, -0.05) is 6.07 Å². The van der Waals surface area contributed by atoms with E-state index in [0.29, 0.717) is 37.3 Å². The zero-order valence-corrected chi connectivity index (χ0v) is 10.7. The normalized spacial score (nSPS) is 23.4. The maximum Gasteiger partial charge on any atom is 0.130 e. The first-order valence-corrected chi connectivity index (χ1v) is 6.32. The molecular weight excluding hydrogens is 266 g/mol. The number of rotatable bonds is 3. The Balaban J connectivity index is 1.72. The van der Waals surface area contributed by atoms with Crippen molar-refractivity contribution in [1.82, 2.24) is 20.3 Å². The van der Waals surface area contributed by atoms with Gasteiger partial charge in [0.15, 0.2) is 0 Å². The van der Waals surface area contributed by atoms with Gasteiger partial charge in [-0.25, -0.2) is 8.78 Å². The van der Waals surface area contributed by atoms with Gasteiger partial charge in [-0.3, -0.25) is 4.90 Å². The summed E-state index contributed by atoms with van der Waals surface area (Å²) in [6.45, 7) is 1.28. The summed E-state index contributed by atoms with van der Waals surface area (Å²) in [6.07, 6.45) is 1.99. The molecule has 106 valence electrons. The first-order valence-electron chi connectivity index (χ1n) is 6.32. The Labute approximate surface area is 114 Å². The van der Waals surface area contributed by atoms with Gasteiger partial charge in [-0.05, 0) is 12.5 Å². The van der Waals surface area contributed by atoms with Crippen molar-refractivity contribution in [3.8, 4) is 0 Å². The van der Waals surface area contributed by atoms with Crippen LogP contribution in [-0.4, -0.2) is 38.5 Å². The van der Waals surface area contributed by atoms with E-state index >= 15 is 0 Å². The van der Waals surface area contributed by atoms with E-state index in [9.17, 15) is 13.9 Å². The fourth-order valence-corrected chi connectivity index (χ4v) is 2.53. The van der Waals surface area contributed by atoms with Crippen LogP contribution >= 0.6 is 0 Å². The molecule has 1 fully saturated rings. The van der Waals surface area contributed by atoms with Crippen molar-refractivity contribution in [3.05, 3.63) is 47.3 Å². The second-order valence-corrected chi connectivity index (χ2v) is 5.08. The van der Waals surface area contributed by atoms with Crippen LogP contribution in [0.15, 0.2) is 24.4 Å². The molecule has 5 nitrogen and oxygen atoms in total. The first-order chi connectivity index (χ1) is 9.57. The van der Waals surface area contributed by atoms with Crippen molar-refractivity contribution >= 4 is 0 Å². The highest BCUT2D eigenvalue weighted by Crippen LogP contribution is 2.31. The Kier molecular flexibility index (Phi) is 3.23. The topological polar surface area (TPSA) is 65.0 Å². The Morgan fingerprint density at radius 1 is 1.40 bits per heavy atom. The van der Waals surface area contributed by atoms with Crippen LogP contribution in [0.2, 0.25) is 0 Å². The molecule has 2 aromatic rings. The molecule has 1 saturated heterocycles. The summed E-state index contributed by atoms with van der Waals surface area (Å²) in [5, 5.41) is 20.6. The third kappa shape index (κ3) is 2.41. The number of likely N-dealkylation sites (tertiary alicyclic amines) is 1. The highest BCUT2D eigenvalue weighted by Gasteiger charge is 2.39. The van der Waals surface area contributed by atoms with Crippen molar-refractivity contribution in [2.24, 2.45) is 0 Å². The van der Waals surface area contributed by atoms with E-state index < -0.39 is 17.2 Å². The molecule has 3 rings (SSSR count). The number of benzene rings is 1. The molecule has 1 atom stereocenters. The molecular formula is C13H14F2N4O. The standard InChI is InChI=1S/C13H14F2N4O/c14-10-2-1-9(11(15)5-10)7-19-4-3-13(20,8-19)12-6-16-18-17-12/h1-2,5-6,20H,3-4,7-8H2,(H,16,17,18)/t13-/m0/s1. The first kappa shape index (κ1) is 13.1. The Morgan fingerprint density at radius 2 is 2.25 bits per heavy atom. The van der Waals surface area contributed by atoms with Gasteiger partial charge in [0, 0.05) is 31.3 Å². The Hall–Kier alpha value is -1.86. The lowest BCUT2D eigenvalue weighted by molar-refractivity contribution is 0.0407. The van der Waals surface area contributed by atoms with Crippen molar-refractivity contribution < 1.29 is 13.9 Å². The van der Waals surface area contributed by atoms with E-state index in [4.69, 9.17) is 0 Å². The van der Waals surface area contributed by atoms with Gasteiger partial charge in [0.1, 0.15) is 22.9 Å². The van der Waals surface area contributed by atoms with Crippen LogP contribution in [0.3, 0.4) is 0 Å². The summed E-state index contributed by atoms with van der Waals surface area (Å²) in [6, 6.07) is 3.53. The van der Waals surface area contributed by atoms with Crippen LogP contribution in [0.5, 0.6) is 0 Å². The van der Waals surface area contributed by atoms with E-state index in [1.807, 2.05) is 4.90 Å². The van der Waals surface area contributed by atoms with Gasteiger partial charge in [-0.2, -0.15) is 15.4 Å². The molecule has 20 heavy (non-hydrogen) atoms. The molecule has 0 amide bonds. The number of aromatic amines is 1. The third-order valence-electron chi connectivity index (χ3n) is 3.63. The van der Waals surface area contributed by atoms with Crippen molar-refractivity contribution in [2.75, 3.05) is 13.1 Å². The van der Waals surface area contributed by atoms with Gasteiger partial charge < -0.3 is 5.11 Å². The minimum atomic E-state index is -1.07. The van der Waals surface area contributed by atoms with E-state index in [2.05, 4.69) is 15.4 Å². The molecule has 1 aliphatic rings. The average molecular weight is 280 g/mol. The molecule has 0 aliphatic carbocycles. The van der Waals surface area contributed by atoms with Crippen LogP contribution in [0, 0.1) is 11.6 Å².